The predicted molar refractivity (Wildman–Crippen MR) is 116 cm³/mol. The molecule has 0 bridgehead atoms. The number of aryl methyl sites for hydroxylation is 2. The third-order valence-corrected chi connectivity index (χ3v) is 5.47. The minimum Gasteiger partial charge on any atom is -0.353 e. The molecule has 29 heavy (non-hydrogen) atoms. The monoisotopic (exact) mass is 386 g/mol. The van der Waals surface area contributed by atoms with Gasteiger partial charge in [-0.25, -0.2) is 9.97 Å². The molecule has 5 heteroatoms. The Morgan fingerprint density at radius 3 is 2.41 bits per heavy atom. The topological polar surface area (TPSA) is 49.3 Å². The van der Waals surface area contributed by atoms with E-state index in [0.29, 0.717) is 13.1 Å². The van der Waals surface area contributed by atoms with E-state index in [2.05, 4.69) is 46.9 Å². The van der Waals surface area contributed by atoms with Gasteiger partial charge in [0.15, 0.2) is 0 Å². The van der Waals surface area contributed by atoms with Crippen LogP contribution >= 0.6 is 0 Å². The second-order valence-corrected chi connectivity index (χ2v) is 7.46. The number of benzene rings is 2. The van der Waals surface area contributed by atoms with E-state index < -0.39 is 0 Å². The Labute approximate surface area is 172 Å². The molecular formula is C24H26N4O. The minimum atomic E-state index is 0.107. The van der Waals surface area contributed by atoms with Crippen LogP contribution in [0.4, 0.5) is 5.82 Å². The second kappa shape index (κ2) is 8.43. The molecule has 0 aliphatic carbocycles. The fourth-order valence-electron chi connectivity index (χ4n) is 3.69. The van der Waals surface area contributed by atoms with Gasteiger partial charge in [-0.3, -0.25) is 4.79 Å². The van der Waals surface area contributed by atoms with Crippen LogP contribution < -0.4 is 4.90 Å². The molecule has 0 unspecified atom stereocenters. The van der Waals surface area contributed by atoms with Crippen molar-refractivity contribution < 1.29 is 4.79 Å². The first-order valence-electron chi connectivity index (χ1n) is 10.2. The number of amides is 1. The molecule has 5 nitrogen and oxygen atoms in total. The number of piperazine rings is 1. The van der Waals surface area contributed by atoms with Crippen molar-refractivity contribution in [2.24, 2.45) is 0 Å². The van der Waals surface area contributed by atoms with E-state index in [4.69, 9.17) is 0 Å². The Hall–Kier alpha value is -3.21. The van der Waals surface area contributed by atoms with Gasteiger partial charge in [-0.1, -0.05) is 42.8 Å². The number of anilines is 1. The molecule has 1 aliphatic rings. The molecule has 1 saturated heterocycles. The highest BCUT2D eigenvalue weighted by atomic mass is 16.2. The van der Waals surface area contributed by atoms with E-state index in [1.807, 2.05) is 41.3 Å². The van der Waals surface area contributed by atoms with Gasteiger partial charge in [-0.15, -0.1) is 0 Å². The van der Waals surface area contributed by atoms with Crippen LogP contribution in [0, 0.1) is 6.92 Å². The van der Waals surface area contributed by atoms with Crippen LogP contribution in [-0.4, -0.2) is 47.0 Å². The maximum atomic E-state index is 12.8. The van der Waals surface area contributed by atoms with Crippen molar-refractivity contribution >= 4 is 11.7 Å². The Morgan fingerprint density at radius 1 is 0.966 bits per heavy atom. The smallest absolute Gasteiger partial charge is 0.253 e. The van der Waals surface area contributed by atoms with Crippen molar-refractivity contribution in [3.05, 3.63) is 77.6 Å². The van der Waals surface area contributed by atoms with E-state index in [0.717, 1.165) is 42.1 Å². The van der Waals surface area contributed by atoms with Gasteiger partial charge < -0.3 is 9.80 Å². The van der Waals surface area contributed by atoms with E-state index in [-0.39, 0.29) is 5.91 Å². The summed E-state index contributed by atoms with van der Waals surface area (Å²) in [5.74, 6) is 1.02. The highest BCUT2D eigenvalue weighted by molar-refractivity contribution is 5.94. The van der Waals surface area contributed by atoms with Crippen LogP contribution in [0.25, 0.3) is 11.3 Å². The molecular weight excluding hydrogens is 360 g/mol. The summed E-state index contributed by atoms with van der Waals surface area (Å²) in [5.41, 5.74) is 5.24. The first kappa shape index (κ1) is 19.1. The van der Waals surface area contributed by atoms with Crippen LogP contribution in [0.3, 0.4) is 0 Å². The number of hydrogen-bond acceptors (Lipinski definition) is 4. The quantitative estimate of drug-likeness (QED) is 0.681. The molecule has 0 atom stereocenters. The van der Waals surface area contributed by atoms with Crippen molar-refractivity contribution in [2.75, 3.05) is 31.1 Å². The summed E-state index contributed by atoms with van der Waals surface area (Å²) in [4.78, 5) is 25.9. The molecule has 0 radical (unpaired) electrons. The lowest BCUT2D eigenvalue weighted by Gasteiger charge is -2.35. The van der Waals surface area contributed by atoms with Crippen LogP contribution in [-0.2, 0) is 6.42 Å². The lowest BCUT2D eigenvalue weighted by atomic mass is 10.1. The number of carbonyl (C=O) groups is 1. The maximum Gasteiger partial charge on any atom is 0.253 e. The Balaban J connectivity index is 1.43. The summed E-state index contributed by atoms with van der Waals surface area (Å²) in [6, 6.07) is 18.3. The van der Waals surface area contributed by atoms with E-state index in [9.17, 15) is 4.79 Å². The van der Waals surface area contributed by atoms with Gasteiger partial charge in [0.05, 0.1) is 5.69 Å². The second-order valence-electron chi connectivity index (χ2n) is 7.46. The molecule has 0 N–H and O–H groups in total. The van der Waals surface area contributed by atoms with Crippen molar-refractivity contribution in [1.29, 1.82) is 0 Å². The summed E-state index contributed by atoms with van der Waals surface area (Å²) in [5, 5.41) is 0. The number of nitrogens with zero attached hydrogens (tertiary/aromatic N) is 4. The molecule has 3 aromatic rings. The van der Waals surface area contributed by atoms with Gasteiger partial charge >= 0.3 is 0 Å². The minimum absolute atomic E-state index is 0.107. The molecule has 2 heterocycles. The molecule has 148 valence electrons. The molecule has 1 aliphatic heterocycles. The fraction of sp³-hybridized carbons (Fsp3) is 0.292. The summed E-state index contributed by atoms with van der Waals surface area (Å²) in [6.45, 7) is 7.12. The first-order chi connectivity index (χ1) is 14.1. The fourth-order valence-corrected chi connectivity index (χ4v) is 3.69. The van der Waals surface area contributed by atoms with Crippen molar-refractivity contribution in [3.8, 4) is 11.3 Å². The van der Waals surface area contributed by atoms with E-state index in [1.165, 1.54) is 11.1 Å². The molecule has 0 saturated carbocycles. The summed E-state index contributed by atoms with van der Waals surface area (Å²) in [7, 11) is 0. The third kappa shape index (κ3) is 4.29. The molecule has 1 fully saturated rings. The average molecular weight is 386 g/mol. The summed E-state index contributed by atoms with van der Waals surface area (Å²) in [6.07, 6.45) is 2.61. The largest absolute Gasteiger partial charge is 0.353 e. The highest BCUT2D eigenvalue weighted by Gasteiger charge is 2.23. The standard InChI is InChI=1S/C24H26N4O/c1-3-19-7-9-20(10-8-19)24(29)28-13-11-27(12-14-28)23-16-22(25-17-26-23)21-6-4-5-18(2)15-21/h4-10,15-17H,3,11-14H2,1-2H3. The van der Waals surface area contributed by atoms with Gasteiger partial charge in [-0.05, 0) is 37.1 Å². The van der Waals surface area contributed by atoms with Crippen LogP contribution in [0.15, 0.2) is 60.9 Å². The van der Waals surface area contributed by atoms with Crippen molar-refractivity contribution in [2.45, 2.75) is 20.3 Å². The number of hydrogen-bond donors (Lipinski definition) is 0. The molecule has 1 amide bonds. The number of carbonyl (C=O) groups excluding carboxylic acids is 1. The molecule has 1 aromatic heterocycles. The lowest BCUT2D eigenvalue weighted by Crippen LogP contribution is -2.49. The normalized spacial score (nSPS) is 14.1. The molecule has 4 rings (SSSR count). The van der Waals surface area contributed by atoms with Crippen molar-refractivity contribution in [1.82, 2.24) is 14.9 Å². The zero-order valence-electron chi connectivity index (χ0n) is 17.0. The van der Waals surface area contributed by atoms with Crippen LogP contribution in [0.1, 0.15) is 28.4 Å². The molecule has 0 spiro atoms. The van der Waals surface area contributed by atoms with Crippen LogP contribution in [0.2, 0.25) is 0 Å². The SMILES string of the molecule is CCc1ccc(C(=O)N2CCN(c3cc(-c4cccc(C)c4)ncn3)CC2)cc1. The first-order valence-corrected chi connectivity index (χ1v) is 10.2. The lowest BCUT2D eigenvalue weighted by molar-refractivity contribution is 0.0746. The Kier molecular flexibility index (Phi) is 5.56. The Bertz CT molecular complexity index is 992. The third-order valence-electron chi connectivity index (χ3n) is 5.47. The maximum absolute atomic E-state index is 12.8. The molecule has 2 aromatic carbocycles. The predicted octanol–water partition coefficient (Wildman–Crippen LogP) is 3.98. The zero-order valence-corrected chi connectivity index (χ0v) is 17.0. The number of aromatic nitrogens is 2. The van der Waals surface area contributed by atoms with Gasteiger partial charge in [0.1, 0.15) is 12.1 Å². The summed E-state index contributed by atoms with van der Waals surface area (Å²) >= 11 is 0. The van der Waals surface area contributed by atoms with Gasteiger partial charge in [-0.2, -0.15) is 0 Å². The van der Waals surface area contributed by atoms with Gasteiger partial charge in [0.2, 0.25) is 0 Å². The van der Waals surface area contributed by atoms with Gasteiger partial charge in [0.25, 0.3) is 5.91 Å². The Morgan fingerprint density at radius 2 is 1.72 bits per heavy atom. The van der Waals surface area contributed by atoms with Crippen molar-refractivity contribution in [3.63, 3.8) is 0 Å². The van der Waals surface area contributed by atoms with Crippen LogP contribution in [0.5, 0.6) is 0 Å². The van der Waals surface area contributed by atoms with Gasteiger partial charge in [0, 0.05) is 43.4 Å². The van der Waals surface area contributed by atoms with E-state index >= 15 is 0 Å². The number of rotatable bonds is 4. The zero-order chi connectivity index (χ0) is 20.2. The van der Waals surface area contributed by atoms with E-state index in [1.54, 1.807) is 6.33 Å². The highest BCUT2D eigenvalue weighted by Crippen LogP contribution is 2.22. The summed E-state index contributed by atoms with van der Waals surface area (Å²) < 4.78 is 0. The average Bonchev–Trinajstić information content (AvgIpc) is 2.79.